The van der Waals surface area contributed by atoms with Gasteiger partial charge in [0.1, 0.15) is 5.75 Å². The van der Waals surface area contributed by atoms with E-state index in [9.17, 15) is 93.8 Å². The van der Waals surface area contributed by atoms with E-state index in [1.165, 1.54) is 38.3 Å². The maximum atomic E-state index is 14.7. The van der Waals surface area contributed by atoms with Gasteiger partial charge in [-0.05, 0) is 75.1 Å². The number of benzene rings is 2. The quantitative estimate of drug-likeness (QED) is 0.0731. The number of aryl methyl sites for hydroxylation is 2. The van der Waals surface area contributed by atoms with Crippen LogP contribution in [0.2, 0.25) is 0 Å². The summed E-state index contributed by atoms with van der Waals surface area (Å²) in [5.41, 5.74) is -0.660. The molecule has 0 bridgehead atoms. The number of halogens is 17. The highest BCUT2D eigenvalue weighted by Crippen LogP contribution is 2.64. The Morgan fingerprint density at radius 1 is 0.719 bits per heavy atom. The molecular formula is C38H36F17N3O6. The maximum absolute atomic E-state index is 14.7. The van der Waals surface area contributed by atoms with Gasteiger partial charge in [-0.25, -0.2) is 4.79 Å². The molecule has 3 amide bonds. The highest BCUT2D eigenvalue weighted by atomic mass is 19.4. The van der Waals surface area contributed by atoms with Crippen LogP contribution in [-0.4, -0.2) is 113 Å². The minimum atomic E-state index is -8.79. The summed E-state index contributed by atoms with van der Waals surface area (Å²) in [5, 5.41) is 2.83. The van der Waals surface area contributed by atoms with Crippen LogP contribution in [0.5, 0.6) is 5.75 Å². The van der Waals surface area contributed by atoms with Gasteiger partial charge in [0, 0.05) is 18.7 Å². The van der Waals surface area contributed by atoms with Gasteiger partial charge in [0.25, 0.3) is 0 Å². The standard InChI is InChI=1S/C38H36F17N3O6/c1-6-57-27(60)24-25(28(57)61)30(4,58(26(24)20-8-10-22(63-5)11-9-20)23(59)17-56-21-15-18(2)14-19(3)16-21)29(62)64-13-7-12-31(39,40)32(41,42)33(43,44)34(45,46)35(47,48)36(49,50)37(51,52)38(53,54)55/h8-11,14-16,24-26,56H,6-7,12-13,17H2,1-5H3/t24-,25-,26-,30-/m1/s1. The van der Waals surface area contributed by atoms with Crippen molar-refractivity contribution in [3.63, 3.8) is 0 Å². The van der Waals surface area contributed by atoms with Crippen LogP contribution in [0.15, 0.2) is 42.5 Å². The molecule has 0 aliphatic carbocycles. The second kappa shape index (κ2) is 16.7. The van der Waals surface area contributed by atoms with E-state index in [1.54, 1.807) is 32.0 Å². The smallest absolute Gasteiger partial charge is 0.460 e. The molecule has 0 unspecified atom stereocenters. The number of hydrogen-bond acceptors (Lipinski definition) is 7. The normalized spacial score (nSPS) is 21.6. The molecule has 2 heterocycles. The van der Waals surface area contributed by atoms with Crippen LogP contribution in [0.1, 0.15) is 49.4 Å². The zero-order valence-electron chi connectivity index (χ0n) is 33.6. The fraction of sp³-hybridized carbons (Fsp3) is 0.579. The van der Waals surface area contributed by atoms with Crippen molar-refractivity contribution in [2.75, 3.05) is 32.1 Å². The third-order valence-corrected chi connectivity index (χ3v) is 10.9. The third kappa shape index (κ3) is 7.82. The Kier molecular flexibility index (Phi) is 13.5. The molecular weight excluding hydrogens is 917 g/mol. The average molecular weight is 954 g/mol. The van der Waals surface area contributed by atoms with E-state index < -0.39 is 121 Å². The summed E-state index contributed by atoms with van der Waals surface area (Å²) in [4.78, 5) is 57.5. The molecule has 2 aliphatic rings. The van der Waals surface area contributed by atoms with Crippen molar-refractivity contribution >= 4 is 29.4 Å². The maximum Gasteiger partial charge on any atom is 0.460 e. The molecule has 0 radical (unpaired) electrons. The van der Waals surface area contributed by atoms with E-state index in [0.717, 1.165) is 27.9 Å². The molecule has 4 atom stereocenters. The van der Waals surface area contributed by atoms with Crippen LogP contribution in [0.4, 0.5) is 80.3 Å². The van der Waals surface area contributed by atoms with Crippen LogP contribution in [-0.2, 0) is 23.9 Å². The fourth-order valence-electron chi connectivity index (χ4n) is 7.67. The largest absolute Gasteiger partial charge is 0.497 e. The van der Waals surface area contributed by atoms with E-state index in [-0.39, 0.29) is 17.9 Å². The van der Waals surface area contributed by atoms with Crippen molar-refractivity contribution in [2.24, 2.45) is 11.8 Å². The molecule has 4 rings (SSSR count). The molecule has 26 heteroatoms. The van der Waals surface area contributed by atoms with Crippen LogP contribution < -0.4 is 10.1 Å². The summed E-state index contributed by atoms with van der Waals surface area (Å²) >= 11 is 0. The second-order valence-corrected chi connectivity index (χ2v) is 15.2. The van der Waals surface area contributed by atoms with Crippen LogP contribution in [0.25, 0.3) is 0 Å². The lowest BCUT2D eigenvalue weighted by Crippen LogP contribution is -2.74. The number of anilines is 1. The van der Waals surface area contributed by atoms with Gasteiger partial charge in [-0.15, -0.1) is 0 Å². The van der Waals surface area contributed by atoms with Gasteiger partial charge >= 0.3 is 53.6 Å². The minimum Gasteiger partial charge on any atom is -0.497 e. The lowest BCUT2D eigenvalue weighted by Gasteiger charge is -2.42. The number of carbonyl (C=O) groups excluding carboxylic acids is 4. The van der Waals surface area contributed by atoms with E-state index in [1.807, 2.05) is 0 Å². The van der Waals surface area contributed by atoms with Gasteiger partial charge < -0.3 is 19.7 Å². The molecule has 2 fully saturated rings. The lowest BCUT2D eigenvalue weighted by atomic mass is 9.80. The Hall–Kier alpha value is -5.07. The number of ether oxygens (including phenoxy) is 2. The molecule has 0 saturated carbocycles. The number of amides is 3. The summed E-state index contributed by atoms with van der Waals surface area (Å²) in [7, 11) is 1.30. The summed E-state index contributed by atoms with van der Waals surface area (Å²) in [6, 6.07) is 9.00. The number of alkyl halides is 17. The van der Waals surface area contributed by atoms with Crippen LogP contribution >= 0.6 is 0 Å². The molecule has 2 aromatic carbocycles. The topological polar surface area (TPSA) is 105 Å². The number of hydrogen-bond donors (Lipinski definition) is 1. The highest BCUT2D eigenvalue weighted by Gasteiger charge is 2.95. The van der Waals surface area contributed by atoms with Crippen molar-refractivity contribution in [2.45, 2.75) is 99.8 Å². The molecule has 2 aliphatic heterocycles. The number of esters is 1. The predicted octanol–water partition coefficient (Wildman–Crippen LogP) is 9.02. The first-order valence-corrected chi connectivity index (χ1v) is 18.5. The Morgan fingerprint density at radius 3 is 1.67 bits per heavy atom. The number of likely N-dealkylation sites (tertiary alicyclic amines) is 2. The van der Waals surface area contributed by atoms with E-state index >= 15 is 0 Å². The average Bonchev–Trinajstić information content (AvgIpc) is 3.61. The van der Waals surface area contributed by atoms with Gasteiger partial charge in [0.05, 0.1) is 38.1 Å². The first kappa shape index (κ1) is 51.6. The Labute approximate surface area is 351 Å². The number of nitrogens with zero attached hydrogens (tertiary/aromatic N) is 2. The number of rotatable bonds is 17. The van der Waals surface area contributed by atoms with E-state index in [4.69, 9.17) is 9.47 Å². The predicted molar refractivity (Wildman–Crippen MR) is 186 cm³/mol. The number of fused-ring (bicyclic) bond motifs is 1. The van der Waals surface area contributed by atoms with Crippen molar-refractivity contribution in [3.05, 3.63) is 59.2 Å². The van der Waals surface area contributed by atoms with Crippen LogP contribution in [0.3, 0.4) is 0 Å². The second-order valence-electron chi connectivity index (χ2n) is 15.2. The van der Waals surface area contributed by atoms with Gasteiger partial charge in [-0.2, -0.15) is 74.6 Å². The van der Waals surface area contributed by atoms with Crippen molar-refractivity contribution < 1.29 is 103 Å². The Balaban J connectivity index is 1.68. The Morgan fingerprint density at radius 2 is 1.20 bits per heavy atom. The van der Waals surface area contributed by atoms with Gasteiger partial charge in [-0.3, -0.25) is 19.3 Å². The number of carbonyl (C=O) groups is 4. The third-order valence-electron chi connectivity index (χ3n) is 10.9. The zero-order chi connectivity index (χ0) is 49.2. The molecule has 0 aromatic heterocycles. The first-order valence-electron chi connectivity index (χ1n) is 18.5. The van der Waals surface area contributed by atoms with Crippen molar-refractivity contribution in [3.8, 4) is 5.75 Å². The van der Waals surface area contributed by atoms with Crippen LogP contribution in [0, 0.1) is 25.7 Å². The monoisotopic (exact) mass is 953 g/mol. The molecule has 1 N–H and O–H groups in total. The first-order chi connectivity index (χ1) is 29.0. The van der Waals surface area contributed by atoms with Crippen molar-refractivity contribution in [1.82, 2.24) is 9.80 Å². The van der Waals surface area contributed by atoms with Gasteiger partial charge in [0.15, 0.2) is 5.54 Å². The summed E-state index contributed by atoms with van der Waals surface area (Å²) in [6.45, 7) is 3.13. The molecule has 9 nitrogen and oxygen atoms in total. The van der Waals surface area contributed by atoms with Crippen molar-refractivity contribution in [1.29, 1.82) is 0 Å². The van der Waals surface area contributed by atoms with Gasteiger partial charge in [0.2, 0.25) is 17.7 Å². The summed E-state index contributed by atoms with van der Waals surface area (Å²) < 4.78 is 244. The zero-order valence-corrected chi connectivity index (χ0v) is 33.6. The molecule has 2 aromatic rings. The van der Waals surface area contributed by atoms with E-state index in [0.29, 0.717) is 5.69 Å². The molecule has 358 valence electrons. The minimum absolute atomic E-state index is 0.122. The molecule has 0 spiro atoms. The number of nitrogens with one attached hydrogen (secondary N) is 1. The Bertz CT molecular complexity index is 2100. The summed E-state index contributed by atoms with van der Waals surface area (Å²) in [6.07, 6.45) is -12.6. The number of imide groups is 1. The van der Waals surface area contributed by atoms with E-state index in [2.05, 4.69) is 5.32 Å². The fourth-order valence-corrected chi connectivity index (χ4v) is 7.67. The summed E-state index contributed by atoms with van der Waals surface area (Å²) in [5.74, 6) is -65.5. The van der Waals surface area contributed by atoms with Gasteiger partial charge in [-0.1, -0.05) is 18.2 Å². The highest BCUT2D eigenvalue weighted by molar-refractivity contribution is 6.11. The number of methoxy groups -OCH3 is 1. The lowest BCUT2D eigenvalue weighted by molar-refractivity contribution is -0.461. The molecule has 64 heavy (non-hydrogen) atoms. The SMILES string of the molecule is CCN1C(=O)[C@H]2[C@@H](c3ccc(OC)cc3)N(C(=O)CNc3cc(C)cc(C)c3)[C@@](C)(C(=O)OCCCC(F)(F)C(F)(F)C(F)(F)C(F)(F)C(F)(F)C(F)(F)C(F)(F)C(F)(F)F)[C@H]2C1=O. The molecule has 2 saturated heterocycles.